The van der Waals surface area contributed by atoms with Crippen molar-refractivity contribution in [1.82, 2.24) is 4.48 Å². The van der Waals surface area contributed by atoms with E-state index in [1.807, 2.05) is 66.7 Å². The van der Waals surface area contributed by atoms with Gasteiger partial charge in [-0.15, -0.1) is 5.75 Å². The summed E-state index contributed by atoms with van der Waals surface area (Å²) in [4.78, 5) is 0. The summed E-state index contributed by atoms with van der Waals surface area (Å²) < 4.78 is 16.3. The Morgan fingerprint density at radius 2 is 0.692 bits per heavy atom. The Bertz CT molecular complexity index is 1710. The molecule has 0 amide bonds. The minimum absolute atomic E-state index is 0.0378. The topological polar surface area (TPSA) is 111 Å². The van der Waals surface area contributed by atoms with Crippen LogP contribution in [0.1, 0.15) is 45.2 Å². The molecule has 0 heterocycles. The number of phenolic OH excluding ortho intramolecular Hbond substituents is 3. The summed E-state index contributed by atoms with van der Waals surface area (Å²) in [5, 5.41) is 41.1. The molecule has 52 heavy (non-hydrogen) atoms. The van der Waals surface area contributed by atoms with Crippen molar-refractivity contribution in [3.63, 3.8) is 0 Å². The van der Waals surface area contributed by atoms with Crippen molar-refractivity contribution in [3.8, 4) is 23.0 Å². The van der Waals surface area contributed by atoms with Gasteiger partial charge in [-0.1, -0.05) is 103 Å². The van der Waals surface area contributed by atoms with E-state index in [1.54, 1.807) is 69.9 Å². The van der Waals surface area contributed by atoms with E-state index >= 15 is 0 Å². The van der Waals surface area contributed by atoms with E-state index in [-0.39, 0.29) is 34.8 Å². The van der Waals surface area contributed by atoms with Gasteiger partial charge in [-0.25, -0.2) is 4.48 Å². The van der Waals surface area contributed by atoms with Gasteiger partial charge in [-0.05, 0) is 81.9 Å². The van der Waals surface area contributed by atoms with Crippen LogP contribution in [0.5, 0.6) is 23.0 Å². The van der Waals surface area contributed by atoms with E-state index in [0.29, 0.717) is 24.7 Å². The Labute approximate surface area is 305 Å². The number of hydrogen-bond acceptors (Lipinski definition) is 7. The molecule has 0 saturated carbocycles. The minimum atomic E-state index is -0.110. The second-order valence-electron chi connectivity index (χ2n) is 12.6. The Kier molecular flexibility index (Phi) is 13.0. The van der Waals surface area contributed by atoms with Crippen LogP contribution in [0.2, 0.25) is 0 Å². The first kappa shape index (κ1) is 37.6. The van der Waals surface area contributed by atoms with E-state index in [1.165, 1.54) is 0 Å². The van der Waals surface area contributed by atoms with Gasteiger partial charge >= 0.3 is 0 Å². The molecule has 8 nitrogen and oxygen atoms in total. The van der Waals surface area contributed by atoms with Crippen LogP contribution in [-0.2, 0) is 14.2 Å². The first-order chi connectivity index (χ1) is 25.3. The van der Waals surface area contributed by atoms with Crippen LogP contribution in [0.3, 0.4) is 0 Å². The van der Waals surface area contributed by atoms with Gasteiger partial charge in [-0.3, -0.25) is 0 Å². The molecule has 0 aliphatic carbocycles. The number of phenols is 3. The summed E-state index contributed by atoms with van der Waals surface area (Å²) in [6, 6.07) is 46.8. The van der Waals surface area contributed by atoms with E-state index in [4.69, 9.17) is 14.2 Å². The Morgan fingerprint density at radius 1 is 0.423 bits per heavy atom. The Morgan fingerprint density at radius 3 is 0.981 bits per heavy atom. The molecule has 0 aliphatic heterocycles. The summed E-state index contributed by atoms with van der Waals surface area (Å²) in [6.45, 7) is 1.56. The number of ether oxygens (including phenoxy) is 3. The highest BCUT2D eigenvalue weighted by Gasteiger charge is 2.30. The van der Waals surface area contributed by atoms with Crippen molar-refractivity contribution in [2.24, 2.45) is 0 Å². The zero-order valence-electron chi connectivity index (χ0n) is 29.6. The lowest BCUT2D eigenvalue weighted by molar-refractivity contribution is -0.268. The van der Waals surface area contributed by atoms with Gasteiger partial charge in [0.25, 0.3) is 0 Å². The van der Waals surface area contributed by atoms with Gasteiger partial charge in [0.15, 0.2) is 20.2 Å². The number of rotatable bonds is 13. The predicted molar refractivity (Wildman–Crippen MR) is 202 cm³/mol. The van der Waals surface area contributed by atoms with Crippen molar-refractivity contribution < 1.29 is 34.6 Å². The van der Waals surface area contributed by atoms with Crippen LogP contribution in [0.4, 0.5) is 5.69 Å². The molecule has 6 aromatic carbocycles. The summed E-state index contributed by atoms with van der Waals surface area (Å²) in [7, 11) is 5.05. The molecule has 6 aromatic rings. The quantitative estimate of drug-likeness (QED) is 0.0636. The zero-order chi connectivity index (χ0) is 36.9. The number of hydrogen-bond donors (Lipinski definition) is 3. The smallest absolute Gasteiger partial charge is 0.191 e. The molecule has 0 aliphatic rings. The van der Waals surface area contributed by atoms with Crippen LogP contribution in [0.15, 0.2) is 152 Å². The third kappa shape index (κ3) is 9.37. The maximum atomic E-state index is 11.7. The monoisotopic (exact) mass is 699 g/mol. The highest BCUT2D eigenvalue weighted by Crippen LogP contribution is 2.37. The number of methoxy groups -OCH3 is 3. The summed E-state index contributed by atoms with van der Waals surface area (Å²) in [5.74, 6) is 0.379. The van der Waals surface area contributed by atoms with Gasteiger partial charge in [0, 0.05) is 33.2 Å². The first-order valence-electron chi connectivity index (χ1n) is 16.9. The number of nitrogens with zero attached hydrogens (tertiary/aromatic N) is 1. The van der Waals surface area contributed by atoms with Gasteiger partial charge in [0.05, 0.1) is 0 Å². The highest BCUT2D eigenvalue weighted by molar-refractivity contribution is 5.50. The van der Waals surface area contributed by atoms with E-state index in [9.17, 15) is 20.4 Å². The fraction of sp³-hybridized carbons (Fsp3) is 0.182. The van der Waals surface area contributed by atoms with Crippen LogP contribution in [0.25, 0.3) is 0 Å². The van der Waals surface area contributed by atoms with E-state index in [0.717, 1.165) is 39.1 Å². The third-order valence-electron chi connectivity index (χ3n) is 8.93. The van der Waals surface area contributed by atoms with Crippen molar-refractivity contribution in [2.75, 3.05) is 41.5 Å². The molecule has 0 radical (unpaired) electrons. The summed E-state index contributed by atoms with van der Waals surface area (Å²) in [6.07, 6.45) is 0. The van der Waals surface area contributed by atoms with Gasteiger partial charge in [-0.2, -0.15) is 0 Å². The van der Waals surface area contributed by atoms with Crippen molar-refractivity contribution in [1.29, 1.82) is 0 Å². The molecule has 8 heteroatoms. The molecule has 0 bridgehead atoms. The minimum Gasteiger partial charge on any atom is -0.872 e. The highest BCUT2D eigenvalue weighted by atomic mass is 16.5. The Hall–Kier alpha value is -5.64. The van der Waals surface area contributed by atoms with Crippen molar-refractivity contribution in [2.45, 2.75) is 11.8 Å². The fourth-order valence-corrected chi connectivity index (χ4v) is 6.52. The molecule has 3 N–H and O–H groups in total. The van der Waals surface area contributed by atoms with E-state index in [2.05, 4.69) is 36.4 Å². The lowest BCUT2D eigenvalue weighted by Gasteiger charge is -2.35. The summed E-state index contributed by atoms with van der Waals surface area (Å²) in [5.41, 5.74) is 7.27. The third-order valence-corrected chi connectivity index (χ3v) is 8.93. The molecule has 0 aromatic heterocycles. The van der Waals surface area contributed by atoms with Gasteiger partial charge in [0.1, 0.15) is 22.9 Å². The lowest BCUT2D eigenvalue weighted by atomic mass is 9.81. The number of benzene rings is 6. The van der Waals surface area contributed by atoms with Crippen LogP contribution >= 0.6 is 0 Å². The standard InChI is InChI=1S/C32H26O4.C12H20NO3/c33-27-13-5-23(6-14-27)31(24-7-15-28(34)16-8-24)21-1-2-22(4-3-21)32(25-9-17-29(35)18-10-25)26-11-19-30(36)20-12-26;1-14-9-13(10-15-2,11-16-3)12-7-5-4-6-8-12/h1-20,31-36H;4-8H,9-11H2,1-3H3/q;+1/p-1. The molecular formula is C44H45NO7. The number of para-hydroxylation sites is 1. The van der Waals surface area contributed by atoms with Gasteiger partial charge < -0.3 is 34.6 Å². The Balaban J connectivity index is 0.000000275. The molecule has 1 atom stereocenters. The van der Waals surface area contributed by atoms with Crippen LogP contribution < -0.4 is 9.59 Å². The molecule has 1 unspecified atom stereocenters. The summed E-state index contributed by atoms with van der Waals surface area (Å²) >= 11 is 0. The molecule has 268 valence electrons. The molecule has 0 saturated heterocycles. The zero-order valence-corrected chi connectivity index (χ0v) is 29.6. The lowest BCUT2D eigenvalue weighted by Crippen LogP contribution is -2.53. The SMILES string of the molecule is COC[N+](COC)(COC)c1ccccc1.[O-]c1ccc(C(c2ccc(O)cc2)c2ccc(C(c3ccc(O)cc3)c3ccc(O)cc3)cc2)cc1. The molecule has 0 spiro atoms. The average Bonchev–Trinajstić information content (AvgIpc) is 3.16. The molecular weight excluding hydrogens is 654 g/mol. The van der Waals surface area contributed by atoms with E-state index < -0.39 is 0 Å². The number of quaternary nitrogens is 1. The molecule has 0 fully saturated rings. The molecule has 6 rings (SSSR count). The first-order valence-corrected chi connectivity index (χ1v) is 16.9. The second kappa shape index (κ2) is 18.0. The fourth-order valence-electron chi connectivity index (χ4n) is 6.52. The van der Waals surface area contributed by atoms with Crippen molar-refractivity contribution >= 4 is 5.69 Å². The van der Waals surface area contributed by atoms with Gasteiger partial charge in [0.2, 0.25) is 0 Å². The van der Waals surface area contributed by atoms with Crippen LogP contribution in [0, 0.1) is 0 Å². The van der Waals surface area contributed by atoms with Crippen molar-refractivity contribution in [3.05, 3.63) is 185 Å². The maximum Gasteiger partial charge on any atom is 0.191 e. The normalized spacial score (nSPS) is 11.8. The number of aromatic hydroxyl groups is 3. The average molecular weight is 700 g/mol. The predicted octanol–water partition coefficient (Wildman–Crippen LogP) is 8.04. The van der Waals surface area contributed by atoms with Crippen LogP contribution in [-0.4, -0.2) is 56.8 Å². The second-order valence-corrected chi connectivity index (χ2v) is 12.6. The largest absolute Gasteiger partial charge is 0.872 e. The maximum absolute atomic E-state index is 11.7.